The summed E-state index contributed by atoms with van der Waals surface area (Å²) in [6.45, 7) is 4.21. The summed E-state index contributed by atoms with van der Waals surface area (Å²) in [5.74, 6) is 1.99. The molecule has 1 atom stereocenters. The second-order valence-electron chi connectivity index (χ2n) is 4.33. The Bertz CT molecular complexity index is 262. The van der Waals surface area contributed by atoms with Crippen LogP contribution in [0.3, 0.4) is 0 Å². The molecular formula is C11H18N2O. The molecule has 1 heterocycles. The van der Waals surface area contributed by atoms with Crippen molar-refractivity contribution in [3.8, 4) is 0 Å². The Balaban J connectivity index is 2.15. The highest BCUT2D eigenvalue weighted by Crippen LogP contribution is 2.26. The average molecular weight is 194 g/mol. The van der Waals surface area contributed by atoms with Gasteiger partial charge in [0.05, 0.1) is 0 Å². The van der Waals surface area contributed by atoms with Gasteiger partial charge < -0.3 is 10.6 Å². The fourth-order valence-electron chi connectivity index (χ4n) is 2.13. The maximum Gasteiger partial charge on any atom is 0.162 e. The number of carbonyl (C=O) groups excluding carboxylic acids is 1. The first kappa shape index (κ1) is 9.56. The highest BCUT2D eigenvalue weighted by molar-refractivity contribution is 5.96. The molecule has 1 aliphatic carbocycles. The van der Waals surface area contributed by atoms with Gasteiger partial charge in [-0.3, -0.25) is 4.79 Å². The predicted molar refractivity (Wildman–Crippen MR) is 55.7 cm³/mol. The van der Waals surface area contributed by atoms with Crippen LogP contribution in [0.25, 0.3) is 0 Å². The van der Waals surface area contributed by atoms with Crippen molar-refractivity contribution in [2.45, 2.75) is 32.6 Å². The zero-order chi connectivity index (χ0) is 9.97. The second-order valence-corrected chi connectivity index (χ2v) is 4.33. The SMILES string of the molecule is C[C@H]1CCC(=O)C(=C2NCCCN2)C1. The number of Topliss-reactive ketones (excluding diaryl/α,β-unsaturated/α-hetero) is 1. The van der Waals surface area contributed by atoms with E-state index in [0.29, 0.717) is 11.7 Å². The Morgan fingerprint density at radius 3 is 2.71 bits per heavy atom. The minimum Gasteiger partial charge on any atom is -0.372 e. The molecule has 2 N–H and O–H groups in total. The first-order valence-electron chi connectivity index (χ1n) is 5.51. The van der Waals surface area contributed by atoms with E-state index in [1.165, 1.54) is 0 Å². The van der Waals surface area contributed by atoms with Crippen LogP contribution in [-0.4, -0.2) is 18.9 Å². The van der Waals surface area contributed by atoms with Gasteiger partial charge in [-0.2, -0.15) is 0 Å². The van der Waals surface area contributed by atoms with E-state index >= 15 is 0 Å². The largest absolute Gasteiger partial charge is 0.372 e. The quantitative estimate of drug-likeness (QED) is 0.569. The lowest BCUT2D eigenvalue weighted by atomic mass is 9.85. The monoisotopic (exact) mass is 194 g/mol. The Morgan fingerprint density at radius 2 is 2.00 bits per heavy atom. The predicted octanol–water partition coefficient (Wildman–Crippen LogP) is 1.17. The van der Waals surface area contributed by atoms with Crippen molar-refractivity contribution < 1.29 is 4.79 Å². The van der Waals surface area contributed by atoms with Crippen molar-refractivity contribution >= 4 is 5.78 Å². The van der Waals surface area contributed by atoms with E-state index < -0.39 is 0 Å². The van der Waals surface area contributed by atoms with Gasteiger partial charge in [0.25, 0.3) is 0 Å². The number of allylic oxidation sites excluding steroid dienone is 1. The van der Waals surface area contributed by atoms with Crippen molar-refractivity contribution in [1.29, 1.82) is 0 Å². The zero-order valence-corrected chi connectivity index (χ0v) is 8.73. The van der Waals surface area contributed by atoms with E-state index in [1.807, 2.05) is 0 Å². The van der Waals surface area contributed by atoms with Crippen LogP contribution in [0, 0.1) is 5.92 Å². The van der Waals surface area contributed by atoms with Crippen molar-refractivity contribution in [1.82, 2.24) is 10.6 Å². The molecule has 78 valence electrons. The van der Waals surface area contributed by atoms with Crippen LogP contribution in [-0.2, 0) is 4.79 Å². The van der Waals surface area contributed by atoms with Crippen LogP contribution >= 0.6 is 0 Å². The van der Waals surface area contributed by atoms with Gasteiger partial charge in [-0.15, -0.1) is 0 Å². The summed E-state index contributed by atoms with van der Waals surface area (Å²) in [5, 5.41) is 6.57. The third-order valence-electron chi connectivity index (χ3n) is 3.01. The fraction of sp³-hybridized carbons (Fsp3) is 0.727. The molecule has 0 radical (unpaired) electrons. The van der Waals surface area contributed by atoms with Crippen LogP contribution in [0.15, 0.2) is 11.4 Å². The minimum absolute atomic E-state index is 0.333. The van der Waals surface area contributed by atoms with Gasteiger partial charge in [-0.05, 0) is 25.2 Å². The third kappa shape index (κ3) is 1.91. The van der Waals surface area contributed by atoms with E-state index in [1.54, 1.807) is 0 Å². The summed E-state index contributed by atoms with van der Waals surface area (Å²) < 4.78 is 0. The number of ketones is 1. The number of hydrogen-bond donors (Lipinski definition) is 2. The summed E-state index contributed by atoms with van der Waals surface area (Å²) in [5.41, 5.74) is 1.00. The molecule has 0 aromatic heterocycles. The molecule has 0 amide bonds. The topological polar surface area (TPSA) is 41.1 Å². The van der Waals surface area contributed by atoms with E-state index in [0.717, 1.165) is 50.2 Å². The normalized spacial score (nSPS) is 28.4. The minimum atomic E-state index is 0.333. The molecule has 1 saturated heterocycles. The smallest absolute Gasteiger partial charge is 0.162 e. The molecule has 0 aromatic rings. The molecule has 2 fully saturated rings. The summed E-state index contributed by atoms with van der Waals surface area (Å²) in [7, 11) is 0. The zero-order valence-electron chi connectivity index (χ0n) is 8.73. The van der Waals surface area contributed by atoms with E-state index in [-0.39, 0.29) is 0 Å². The molecule has 0 aromatic carbocycles. The lowest BCUT2D eigenvalue weighted by Gasteiger charge is -2.26. The maximum atomic E-state index is 11.7. The van der Waals surface area contributed by atoms with Crippen LogP contribution in [0.4, 0.5) is 0 Å². The molecule has 0 unspecified atom stereocenters. The fourth-order valence-corrected chi connectivity index (χ4v) is 2.13. The Labute approximate surface area is 84.9 Å². The van der Waals surface area contributed by atoms with Crippen LogP contribution in [0.5, 0.6) is 0 Å². The average Bonchev–Trinajstić information content (AvgIpc) is 2.23. The number of carbonyl (C=O) groups is 1. The lowest BCUT2D eigenvalue weighted by molar-refractivity contribution is -0.117. The van der Waals surface area contributed by atoms with Gasteiger partial charge in [0.2, 0.25) is 0 Å². The lowest BCUT2D eigenvalue weighted by Crippen LogP contribution is -2.38. The van der Waals surface area contributed by atoms with Crippen molar-refractivity contribution in [2.75, 3.05) is 13.1 Å². The summed E-state index contributed by atoms with van der Waals surface area (Å²) in [4.78, 5) is 11.7. The van der Waals surface area contributed by atoms with Gasteiger partial charge in [0.15, 0.2) is 5.78 Å². The summed E-state index contributed by atoms with van der Waals surface area (Å²) >= 11 is 0. The van der Waals surface area contributed by atoms with Gasteiger partial charge in [-0.1, -0.05) is 6.92 Å². The molecule has 0 spiro atoms. The molecule has 1 saturated carbocycles. The van der Waals surface area contributed by atoms with Gasteiger partial charge >= 0.3 is 0 Å². The Kier molecular flexibility index (Phi) is 2.75. The third-order valence-corrected chi connectivity index (χ3v) is 3.01. The van der Waals surface area contributed by atoms with Gasteiger partial charge in [0, 0.05) is 25.1 Å². The molecule has 3 heteroatoms. The van der Waals surface area contributed by atoms with Gasteiger partial charge in [0.1, 0.15) is 5.82 Å². The van der Waals surface area contributed by atoms with Crippen molar-refractivity contribution in [3.63, 3.8) is 0 Å². The van der Waals surface area contributed by atoms with Crippen LogP contribution < -0.4 is 10.6 Å². The van der Waals surface area contributed by atoms with E-state index in [4.69, 9.17) is 0 Å². The first-order valence-corrected chi connectivity index (χ1v) is 5.51. The van der Waals surface area contributed by atoms with Crippen molar-refractivity contribution in [3.05, 3.63) is 11.4 Å². The van der Waals surface area contributed by atoms with Crippen LogP contribution in [0.1, 0.15) is 32.6 Å². The van der Waals surface area contributed by atoms with Crippen molar-refractivity contribution in [2.24, 2.45) is 5.92 Å². The molecule has 3 nitrogen and oxygen atoms in total. The Morgan fingerprint density at radius 1 is 1.29 bits per heavy atom. The number of nitrogens with one attached hydrogen (secondary N) is 2. The van der Waals surface area contributed by atoms with Crippen LogP contribution in [0.2, 0.25) is 0 Å². The molecule has 2 aliphatic rings. The number of rotatable bonds is 0. The second kappa shape index (κ2) is 4.03. The molecule has 0 bridgehead atoms. The standard InChI is InChI=1S/C11H18N2O/c1-8-3-4-10(14)9(7-8)11-12-5-2-6-13-11/h8,12-13H,2-7H2,1H3/t8-/m0/s1. The Hall–Kier alpha value is -0.990. The molecule has 14 heavy (non-hydrogen) atoms. The van der Waals surface area contributed by atoms with E-state index in [9.17, 15) is 4.79 Å². The van der Waals surface area contributed by atoms with Gasteiger partial charge in [-0.25, -0.2) is 0 Å². The molecule has 2 rings (SSSR count). The summed E-state index contributed by atoms with van der Waals surface area (Å²) in [6.07, 6.45) is 3.85. The number of hydrogen-bond acceptors (Lipinski definition) is 3. The molecular weight excluding hydrogens is 176 g/mol. The maximum absolute atomic E-state index is 11.7. The first-order chi connectivity index (χ1) is 6.77. The van der Waals surface area contributed by atoms with E-state index in [2.05, 4.69) is 17.6 Å². The highest BCUT2D eigenvalue weighted by Gasteiger charge is 2.24. The highest BCUT2D eigenvalue weighted by atomic mass is 16.1. The molecule has 1 aliphatic heterocycles. The summed E-state index contributed by atoms with van der Waals surface area (Å²) in [6, 6.07) is 0.